The van der Waals surface area contributed by atoms with Crippen molar-refractivity contribution in [2.75, 3.05) is 25.1 Å². The van der Waals surface area contributed by atoms with Crippen LogP contribution >= 0.6 is 0 Å². The molecule has 0 aliphatic carbocycles. The summed E-state index contributed by atoms with van der Waals surface area (Å²) < 4.78 is 5.32. The zero-order chi connectivity index (χ0) is 14.8. The first-order valence-corrected chi connectivity index (χ1v) is 7.20. The minimum Gasteiger partial charge on any atom is -0.497 e. The van der Waals surface area contributed by atoms with Crippen molar-refractivity contribution in [1.82, 2.24) is 4.98 Å². The minimum absolute atomic E-state index is 0.126. The van der Waals surface area contributed by atoms with Crippen molar-refractivity contribution in [2.24, 2.45) is 11.7 Å². The van der Waals surface area contributed by atoms with Crippen LogP contribution in [0.25, 0.3) is 10.8 Å². The van der Waals surface area contributed by atoms with Gasteiger partial charge in [-0.25, -0.2) is 4.98 Å². The molecule has 3 N–H and O–H groups in total. The number of ether oxygens (including phenoxy) is 1. The number of nitrogens with zero attached hydrogens (tertiary/aromatic N) is 2. The zero-order valence-corrected chi connectivity index (χ0v) is 12.2. The summed E-state index contributed by atoms with van der Waals surface area (Å²) in [4.78, 5) is 6.79. The van der Waals surface area contributed by atoms with E-state index in [0.717, 1.165) is 48.3 Å². The largest absolute Gasteiger partial charge is 0.497 e. The lowest BCUT2D eigenvalue weighted by molar-refractivity contribution is 0.415. The molecule has 1 fully saturated rings. The molecule has 1 aromatic carbocycles. The third-order valence-electron chi connectivity index (χ3n) is 4.11. The van der Waals surface area contributed by atoms with Gasteiger partial charge in [-0.2, -0.15) is 0 Å². The fourth-order valence-corrected chi connectivity index (χ4v) is 2.93. The lowest BCUT2D eigenvalue weighted by Gasteiger charge is -2.33. The van der Waals surface area contributed by atoms with Gasteiger partial charge in [0.15, 0.2) is 0 Å². The van der Waals surface area contributed by atoms with Crippen LogP contribution < -0.4 is 15.4 Å². The second-order valence-corrected chi connectivity index (χ2v) is 5.46. The monoisotopic (exact) mass is 284 g/mol. The molecule has 1 aliphatic rings. The predicted octanol–water partition coefficient (Wildman–Crippen LogP) is 2.40. The molecule has 0 saturated carbocycles. The summed E-state index contributed by atoms with van der Waals surface area (Å²) in [6.45, 7) is 1.71. The standard InChI is InChI=1S/C16H20N4O/c1-21-13-5-4-11-6-7-19-16(14(11)9-13)20-8-2-3-12(10-20)15(17)18/h4-7,9,12H,2-3,8,10H2,1H3,(H3,17,18). The number of methoxy groups -OCH3 is 1. The van der Waals surface area contributed by atoms with Crippen molar-refractivity contribution in [1.29, 1.82) is 5.41 Å². The van der Waals surface area contributed by atoms with E-state index in [1.165, 1.54) is 0 Å². The summed E-state index contributed by atoms with van der Waals surface area (Å²) in [6.07, 6.45) is 3.85. The van der Waals surface area contributed by atoms with E-state index in [9.17, 15) is 0 Å². The highest BCUT2D eigenvalue weighted by molar-refractivity contribution is 5.93. The van der Waals surface area contributed by atoms with Crippen LogP contribution in [0, 0.1) is 11.3 Å². The number of piperidine rings is 1. The van der Waals surface area contributed by atoms with Crippen molar-refractivity contribution in [3.05, 3.63) is 30.5 Å². The van der Waals surface area contributed by atoms with E-state index < -0.39 is 0 Å². The highest BCUT2D eigenvalue weighted by Gasteiger charge is 2.24. The molecule has 1 unspecified atom stereocenters. The number of hydrogen-bond acceptors (Lipinski definition) is 4. The smallest absolute Gasteiger partial charge is 0.136 e. The van der Waals surface area contributed by atoms with E-state index in [1.54, 1.807) is 7.11 Å². The number of anilines is 1. The number of aromatic nitrogens is 1. The molecule has 110 valence electrons. The average molecular weight is 284 g/mol. The van der Waals surface area contributed by atoms with Crippen LogP contribution in [0.2, 0.25) is 0 Å². The number of benzene rings is 1. The summed E-state index contributed by atoms with van der Waals surface area (Å²) in [5, 5.41) is 9.91. The number of fused-ring (bicyclic) bond motifs is 1. The maximum atomic E-state index is 7.68. The molecule has 21 heavy (non-hydrogen) atoms. The molecule has 2 heterocycles. The second-order valence-electron chi connectivity index (χ2n) is 5.46. The molecular weight excluding hydrogens is 264 g/mol. The molecule has 2 aromatic rings. The molecule has 5 nitrogen and oxygen atoms in total. The molecule has 3 rings (SSSR count). The maximum Gasteiger partial charge on any atom is 0.136 e. The predicted molar refractivity (Wildman–Crippen MR) is 85.1 cm³/mol. The molecule has 5 heteroatoms. The van der Waals surface area contributed by atoms with Crippen molar-refractivity contribution >= 4 is 22.4 Å². The number of nitrogens with one attached hydrogen (secondary N) is 1. The van der Waals surface area contributed by atoms with E-state index in [4.69, 9.17) is 15.9 Å². The Morgan fingerprint density at radius 3 is 3.05 bits per heavy atom. The van der Waals surface area contributed by atoms with Gasteiger partial charge in [0, 0.05) is 30.6 Å². The van der Waals surface area contributed by atoms with Gasteiger partial charge in [0.2, 0.25) is 0 Å². The summed E-state index contributed by atoms with van der Waals surface area (Å²) in [6, 6.07) is 8.03. The fraction of sp³-hybridized carbons (Fsp3) is 0.375. The van der Waals surface area contributed by atoms with Gasteiger partial charge in [-0.1, -0.05) is 6.07 Å². The zero-order valence-electron chi connectivity index (χ0n) is 12.2. The lowest BCUT2D eigenvalue weighted by Crippen LogP contribution is -2.41. The molecule has 1 saturated heterocycles. The molecule has 0 spiro atoms. The summed E-state index contributed by atoms with van der Waals surface area (Å²) in [5.74, 6) is 2.19. The first kappa shape index (κ1) is 13.7. The Bertz CT molecular complexity index is 670. The topological polar surface area (TPSA) is 75.2 Å². The molecule has 0 bridgehead atoms. The normalized spacial score (nSPS) is 18.7. The van der Waals surface area contributed by atoms with Crippen LogP contribution in [0.4, 0.5) is 5.82 Å². The van der Waals surface area contributed by atoms with E-state index in [-0.39, 0.29) is 11.8 Å². The Morgan fingerprint density at radius 1 is 1.43 bits per heavy atom. The van der Waals surface area contributed by atoms with Crippen LogP contribution in [0.1, 0.15) is 12.8 Å². The highest BCUT2D eigenvalue weighted by atomic mass is 16.5. The molecule has 1 aromatic heterocycles. The quantitative estimate of drug-likeness (QED) is 0.670. The van der Waals surface area contributed by atoms with Crippen molar-refractivity contribution in [3.63, 3.8) is 0 Å². The molecular formula is C16H20N4O. The Balaban J connectivity index is 2.01. The van der Waals surface area contributed by atoms with E-state index >= 15 is 0 Å². The van der Waals surface area contributed by atoms with E-state index in [2.05, 4.69) is 9.88 Å². The Labute approximate surface area is 124 Å². The first-order chi connectivity index (χ1) is 10.2. The number of amidine groups is 1. The van der Waals surface area contributed by atoms with Crippen molar-refractivity contribution < 1.29 is 4.74 Å². The Hall–Kier alpha value is -2.30. The first-order valence-electron chi connectivity index (χ1n) is 7.20. The molecule has 1 aliphatic heterocycles. The Morgan fingerprint density at radius 2 is 2.29 bits per heavy atom. The summed E-state index contributed by atoms with van der Waals surface area (Å²) in [7, 11) is 1.67. The van der Waals surface area contributed by atoms with Crippen molar-refractivity contribution in [3.8, 4) is 5.75 Å². The number of hydrogen-bond donors (Lipinski definition) is 2. The number of pyridine rings is 1. The Kier molecular flexibility index (Phi) is 3.64. The summed E-state index contributed by atoms with van der Waals surface area (Å²) in [5.41, 5.74) is 5.68. The maximum absolute atomic E-state index is 7.68. The van der Waals surface area contributed by atoms with Gasteiger partial charge < -0.3 is 15.4 Å². The van der Waals surface area contributed by atoms with E-state index in [0.29, 0.717) is 0 Å². The van der Waals surface area contributed by atoms with Gasteiger partial charge in [-0.15, -0.1) is 0 Å². The van der Waals surface area contributed by atoms with Crippen LogP contribution in [0.15, 0.2) is 30.5 Å². The van der Waals surface area contributed by atoms with Gasteiger partial charge in [0.1, 0.15) is 11.6 Å². The third kappa shape index (κ3) is 2.63. The van der Waals surface area contributed by atoms with Crippen LogP contribution in [0.5, 0.6) is 5.75 Å². The molecule has 0 radical (unpaired) electrons. The molecule has 0 amide bonds. The van der Waals surface area contributed by atoms with Gasteiger partial charge >= 0.3 is 0 Å². The number of rotatable bonds is 3. The van der Waals surface area contributed by atoms with Gasteiger partial charge in [-0.3, -0.25) is 5.41 Å². The van der Waals surface area contributed by atoms with Gasteiger partial charge in [-0.05, 0) is 36.4 Å². The third-order valence-corrected chi connectivity index (χ3v) is 4.11. The van der Waals surface area contributed by atoms with Crippen LogP contribution in [-0.2, 0) is 0 Å². The SMILES string of the molecule is COc1ccc2ccnc(N3CCCC(C(=N)N)C3)c2c1. The highest BCUT2D eigenvalue weighted by Crippen LogP contribution is 2.30. The van der Waals surface area contributed by atoms with Crippen LogP contribution in [0.3, 0.4) is 0 Å². The van der Waals surface area contributed by atoms with Gasteiger partial charge in [0.25, 0.3) is 0 Å². The van der Waals surface area contributed by atoms with Gasteiger partial charge in [0.05, 0.1) is 12.9 Å². The number of nitrogens with two attached hydrogens (primary N) is 1. The van der Waals surface area contributed by atoms with Crippen molar-refractivity contribution in [2.45, 2.75) is 12.8 Å². The lowest BCUT2D eigenvalue weighted by atomic mass is 9.96. The average Bonchev–Trinajstić information content (AvgIpc) is 2.53. The summed E-state index contributed by atoms with van der Waals surface area (Å²) >= 11 is 0. The fourth-order valence-electron chi connectivity index (χ4n) is 2.93. The molecule has 1 atom stereocenters. The second kappa shape index (κ2) is 5.60. The van der Waals surface area contributed by atoms with Crippen LogP contribution in [-0.4, -0.2) is 31.0 Å². The minimum atomic E-state index is 0.126. The van der Waals surface area contributed by atoms with E-state index in [1.807, 2.05) is 30.5 Å².